The standard InChI is InChI=1S/C39H48F4N8O5S/c1-23-17-28(10-12-32(23)45-37-44-19-30(39(41,42)43)35(47-37)50-16-4-15-38(2,54)22-50)57(55,56)48-25-6-8-26(9-7-25)49(3)27-20-51(21-27)33-13-5-24(18-31(33)40)29-11-14-34(52)46-36(29)53/h5,10,12-13,17-19,25-27,29,48,54H,4,6-9,11,14-16,20-22H2,1-3H3,(H,44,45,47)(H,46,52,53)/t25?,26?,29?,38-/m0/s1. The third-order valence-electron chi connectivity index (χ3n) is 11.8. The van der Waals surface area contributed by atoms with Crippen LogP contribution in [-0.2, 0) is 25.8 Å². The van der Waals surface area contributed by atoms with Crippen molar-refractivity contribution in [3.05, 3.63) is 65.1 Å². The largest absolute Gasteiger partial charge is 0.421 e. The maximum atomic E-state index is 15.2. The van der Waals surface area contributed by atoms with Gasteiger partial charge in [0, 0.05) is 62.6 Å². The number of imide groups is 1. The van der Waals surface area contributed by atoms with E-state index in [1.807, 2.05) is 11.9 Å². The molecule has 3 aromatic rings. The minimum Gasteiger partial charge on any atom is -0.388 e. The molecule has 2 atom stereocenters. The van der Waals surface area contributed by atoms with Crippen LogP contribution in [0.1, 0.15) is 80.9 Å². The molecule has 18 heteroatoms. The highest BCUT2D eigenvalue weighted by Crippen LogP contribution is 2.38. The van der Waals surface area contributed by atoms with E-state index >= 15 is 4.39 Å². The Bertz CT molecular complexity index is 2120. The van der Waals surface area contributed by atoms with E-state index in [1.165, 1.54) is 29.2 Å². The van der Waals surface area contributed by atoms with Gasteiger partial charge in [0.1, 0.15) is 17.2 Å². The highest BCUT2D eigenvalue weighted by molar-refractivity contribution is 7.89. The van der Waals surface area contributed by atoms with Gasteiger partial charge >= 0.3 is 6.18 Å². The van der Waals surface area contributed by atoms with E-state index in [0.717, 1.165) is 12.8 Å². The summed E-state index contributed by atoms with van der Waals surface area (Å²) >= 11 is 0. The van der Waals surface area contributed by atoms with Crippen LogP contribution in [0.5, 0.6) is 0 Å². The van der Waals surface area contributed by atoms with Gasteiger partial charge in [-0.2, -0.15) is 18.2 Å². The molecule has 0 radical (unpaired) electrons. The Labute approximate surface area is 329 Å². The number of piperidine rings is 2. The molecule has 7 rings (SSSR count). The lowest BCUT2D eigenvalue weighted by Crippen LogP contribution is -2.61. The number of rotatable bonds is 10. The van der Waals surface area contributed by atoms with Crippen LogP contribution in [0.25, 0.3) is 0 Å². The molecule has 1 aromatic heterocycles. The van der Waals surface area contributed by atoms with E-state index in [4.69, 9.17) is 0 Å². The predicted octanol–water partition coefficient (Wildman–Crippen LogP) is 4.97. The first-order chi connectivity index (χ1) is 26.9. The Kier molecular flexibility index (Phi) is 11.3. The number of hydrogen-bond donors (Lipinski definition) is 4. The number of alkyl halides is 3. The zero-order chi connectivity index (χ0) is 40.9. The van der Waals surface area contributed by atoms with Gasteiger partial charge in [0.25, 0.3) is 0 Å². The number of likely N-dealkylation sites (N-methyl/N-ethyl adjacent to an activating group) is 1. The third kappa shape index (κ3) is 9.03. The monoisotopic (exact) mass is 816 g/mol. The van der Waals surface area contributed by atoms with Crippen molar-refractivity contribution >= 4 is 45.0 Å². The second-order valence-corrected chi connectivity index (χ2v) is 17.8. The Morgan fingerprint density at radius 1 is 1.02 bits per heavy atom. The van der Waals surface area contributed by atoms with Crippen molar-refractivity contribution in [3.8, 4) is 0 Å². The van der Waals surface area contributed by atoms with Crippen molar-refractivity contribution < 1.29 is 40.7 Å². The normalized spacial score (nSPS) is 25.0. The number of carbonyl (C=O) groups excluding carboxylic acids is 2. The summed E-state index contributed by atoms with van der Waals surface area (Å²) in [4.78, 5) is 37.6. The van der Waals surface area contributed by atoms with Crippen molar-refractivity contribution in [2.24, 2.45) is 0 Å². The molecule has 2 aromatic carbocycles. The molecule has 13 nitrogen and oxygen atoms in total. The second-order valence-electron chi connectivity index (χ2n) is 16.1. The van der Waals surface area contributed by atoms with Gasteiger partial charge in [-0.3, -0.25) is 19.8 Å². The summed E-state index contributed by atoms with van der Waals surface area (Å²) in [6.07, 6.45) is 0.387. The van der Waals surface area contributed by atoms with Crippen molar-refractivity contribution in [3.63, 3.8) is 0 Å². The molecule has 4 aliphatic rings. The summed E-state index contributed by atoms with van der Waals surface area (Å²) in [5.41, 5.74) is -0.195. The van der Waals surface area contributed by atoms with Crippen molar-refractivity contribution in [1.29, 1.82) is 0 Å². The van der Waals surface area contributed by atoms with Crippen LogP contribution >= 0.6 is 0 Å². The van der Waals surface area contributed by atoms with Crippen molar-refractivity contribution in [2.45, 2.75) is 106 Å². The van der Waals surface area contributed by atoms with Gasteiger partial charge in [0.2, 0.25) is 27.8 Å². The minimum absolute atomic E-state index is 0.0153. The van der Waals surface area contributed by atoms with Crippen LogP contribution in [0.2, 0.25) is 0 Å². The summed E-state index contributed by atoms with van der Waals surface area (Å²) < 4.78 is 86.7. The number of nitrogens with zero attached hydrogens (tertiary/aromatic N) is 5. The van der Waals surface area contributed by atoms with E-state index in [1.54, 1.807) is 26.0 Å². The number of β-amino-alcohol motifs (C(OH)–C–C–N with tert-alkyl or cyclic N) is 1. The number of anilines is 4. The van der Waals surface area contributed by atoms with E-state index < -0.39 is 45.0 Å². The maximum absolute atomic E-state index is 15.2. The highest BCUT2D eigenvalue weighted by atomic mass is 32.2. The Morgan fingerprint density at radius 2 is 1.75 bits per heavy atom. The van der Waals surface area contributed by atoms with Crippen LogP contribution in [0.4, 0.5) is 40.7 Å². The topological polar surface area (TPSA) is 160 Å². The molecular weight excluding hydrogens is 769 g/mol. The molecule has 4 fully saturated rings. The third-order valence-corrected chi connectivity index (χ3v) is 13.3. The van der Waals surface area contributed by atoms with Crippen LogP contribution < -0.4 is 25.2 Å². The summed E-state index contributed by atoms with van der Waals surface area (Å²) in [5.74, 6) is -2.09. The fourth-order valence-electron chi connectivity index (χ4n) is 8.44. The smallest absolute Gasteiger partial charge is 0.388 e. The molecule has 1 unspecified atom stereocenters. The molecule has 308 valence electrons. The first kappa shape index (κ1) is 40.8. The Morgan fingerprint density at radius 3 is 2.40 bits per heavy atom. The number of aryl methyl sites for hydroxylation is 1. The lowest BCUT2D eigenvalue weighted by molar-refractivity contribution is -0.138. The molecule has 1 saturated carbocycles. The van der Waals surface area contributed by atoms with Crippen LogP contribution in [0, 0.1) is 12.7 Å². The Hall–Kier alpha value is -4.39. The SMILES string of the molecule is Cc1cc(S(=O)(=O)NC2CCC(N(C)C3CN(c4ccc(C5CCC(=O)NC5=O)cc4F)C3)CC2)ccc1Nc1ncc(C(F)(F)F)c(N2CCC[C@](C)(O)C2)n1. The molecule has 57 heavy (non-hydrogen) atoms. The van der Waals surface area contributed by atoms with Gasteiger partial charge in [-0.15, -0.1) is 0 Å². The zero-order valence-corrected chi connectivity index (χ0v) is 32.9. The van der Waals surface area contributed by atoms with E-state index in [9.17, 15) is 36.3 Å². The van der Waals surface area contributed by atoms with E-state index in [2.05, 4.69) is 30.2 Å². The first-order valence-corrected chi connectivity index (χ1v) is 20.8. The van der Waals surface area contributed by atoms with Gasteiger partial charge in [-0.25, -0.2) is 22.5 Å². The van der Waals surface area contributed by atoms with Gasteiger partial charge in [0.15, 0.2) is 0 Å². The molecule has 0 bridgehead atoms. The quantitative estimate of drug-likeness (QED) is 0.162. The van der Waals surface area contributed by atoms with Gasteiger partial charge < -0.3 is 20.2 Å². The predicted molar refractivity (Wildman–Crippen MR) is 205 cm³/mol. The number of halogens is 4. The summed E-state index contributed by atoms with van der Waals surface area (Å²) in [6.45, 7) is 4.81. The molecule has 3 aliphatic heterocycles. The highest BCUT2D eigenvalue weighted by Gasteiger charge is 2.40. The van der Waals surface area contributed by atoms with E-state index in [-0.39, 0.29) is 53.7 Å². The first-order valence-electron chi connectivity index (χ1n) is 19.3. The second kappa shape index (κ2) is 15.8. The molecule has 1 aliphatic carbocycles. The summed E-state index contributed by atoms with van der Waals surface area (Å²) in [6, 6.07) is 9.46. The van der Waals surface area contributed by atoms with Crippen LogP contribution in [0.15, 0.2) is 47.5 Å². The molecule has 2 amide bonds. The summed E-state index contributed by atoms with van der Waals surface area (Å²) in [5, 5.41) is 15.8. The van der Waals surface area contributed by atoms with Crippen molar-refractivity contribution in [1.82, 2.24) is 24.9 Å². The zero-order valence-electron chi connectivity index (χ0n) is 32.1. The number of aromatic nitrogens is 2. The number of carbonyl (C=O) groups is 2. The number of aliphatic hydroxyl groups is 1. The van der Waals surface area contributed by atoms with Crippen LogP contribution in [-0.4, -0.2) is 97.2 Å². The Balaban J connectivity index is 0.915. The lowest BCUT2D eigenvalue weighted by Gasteiger charge is -2.49. The van der Waals surface area contributed by atoms with Gasteiger partial charge in [0.05, 0.1) is 22.1 Å². The molecular formula is C39H48F4N8O5S. The lowest BCUT2D eigenvalue weighted by atomic mass is 9.89. The maximum Gasteiger partial charge on any atom is 0.421 e. The average molecular weight is 817 g/mol. The van der Waals surface area contributed by atoms with Gasteiger partial charge in [-0.1, -0.05) is 6.07 Å². The number of hydrogen-bond acceptors (Lipinski definition) is 11. The van der Waals surface area contributed by atoms with Crippen LogP contribution in [0.3, 0.4) is 0 Å². The molecule has 3 saturated heterocycles. The number of sulfonamides is 1. The van der Waals surface area contributed by atoms with E-state index in [0.29, 0.717) is 80.4 Å². The molecule has 4 heterocycles. The molecule has 4 N–H and O–H groups in total. The number of amides is 2. The fraction of sp³-hybridized carbons (Fsp3) is 0.538. The van der Waals surface area contributed by atoms with Gasteiger partial charge in [-0.05, 0) is 107 Å². The minimum atomic E-state index is -4.70. The fourth-order valence-corrected chi connectivity index (χ4v) is 9.83. The average Bonchev–Trinajstić information content (AvgIpc) is 3.11. The number of benzene rings is 2. The molecule has 0 spiro atoms. The van der Waals surface area contributed by atoms with Crippen molar-refractivity contribution in [2.75, 3.05) is 48.3 Å². The number of nitrogens with one attached hydrogen (secondary N) is 3. The summed E-state index contributed by atoms with van der Waals surface area (Å²) in [7, 11) is -1.84.